The molecule has 0 aliphatic rings. The van der Waals surface area contributed by atoms with Crippen LogP contribution in [0.25, 0.3) is 0 Å². The number of carbonyl (C=O) groups excluding carboxylic acids is 1. The zero-order chi connectivity index (χ0) is 20.2. The van der Waals surface area contributed by atoms with E-state index in [0.717, 1.165) is 8.78 Å². The minimum Gasteiger partial charge on any atom is -0.495 e. The average molecular weight is 478 g/mol. The van der Waals surface area contributed by atoms with Gasteiger partial charge in [0.15, 0.2) is 6.61 Å². The lowest BCUT2D eigenvalue weighted by atomic mass is 10.3. The number of hydrogen-bond donors (Lipinski definition) is 1. The molecule has 10 heteroatoms. The van der Waals surface area contributed by atoms with Gasteiger partial charge in [-0.15, -0.1) is 0 Å². The van der Waals surface area contributed by atoms with Gasteiger partial charge in [-0.25, -0.2) is 12.7 Å². The summed E-state index contributed by atoms with van der Waals surface area (Å²) < 4.78 is 37.0. The molecule has 1 N–H and O–H groups in total. The lowest BCUT2D eigenvalue weighted by molar-refractivity contribution is -0.118. The molecule has 0 radical (unpaired) electrons. The predicted octanol–water partition coefficient (Wildman–Crippen LogP) is 3.38. The third-order valence-corrected chi connectivity index (χ3v) is 6.08. The molecule has 0 aromatic heterocycles. The Labute approximate surface area is 171 Å². The SMILES string of the molecule is COc1ccc(S(=O)(=O)N(C)C)cc1NC(=O)COc1ccc(Br)cc1Cl. The Hall–Kier alpha value is -1.81. The fourth-order valence-corrected chi connectivity index (χ4v) is 3.73. The van der Waals surface area contributed by atoms with Crippen LogP contribution in [0.5, 0.6) is 11.5 Å². The normalized spacial score (nSPS) is 11.3. The highest BCUT2D eigenvalue weighted by Gasteiger charge is 2.20. The number of halogens is 2. The van der Waals surface area contributed by atoms with E-state index < -0.39 is 15.9 Å². The molecule has 7 nitrogen and oxygen atoms in total. The average Bonchev–Trinajstić information content (AvgIpc) is 2.60. The smallest absolute Gasteiger partial charge is 0.262 e. The molecule has 0 unspecified atom stereocenters. The molecule has 146 valence electrons. The summed E-state index contributed by atoms with van der Waals surface area (Å²) in [5.41, 5.74) is 0.218. The van der Waals surface area contributed by atoms with Crippen molar-refractivity contribution in [2.45, 2.75) is 4.90 Å². The Bertz CT molecular complexity index is 950. The second-order valence-electron chi connectivity index (χ2n) is 5.56. The van der Waals surface area contributed by atoms with E-state index in [-0.39, 0.29) is 17.2 Å². The van der Waals surface area contributed by atoms with Crippen molar-refractivity contribution in [1.82, 2.24) is 4.31 Å². The molecular weight excluding hydrogens is 460 g/mol. The minimum absolute atomic E-state index is 0.0282. The number of ether oxygens (including phenoxy) is 2. The molecule has 0 atom stereocenters. The summed E-state index contributed by atoms with van der Waals surface area (Å²) >= 11 is 9.33. The van der Waals surface area contributed by atoms with Crippen molar-refractivity contribution in [1.29, 1.82) is 0 Å². The molecule has 0 saturated heterocycles. The van der Waals surface area contributed by atoms with E-state index in [4.69, 9.17) is 21.1 Å². The van der Waals surface area contributed by atoms with Gasteiger partial charge in [-0.05, 0) is 36.4 Å². The van der Waals surface area contributed by atoms with E-state index in [1.807, 2.05) is 0 Å². The fraction of sp³-hybridized carbons (Fsp3) is 0.235. The number of benzene rings is 2. The third kappa shape index (κ3) is 5.35. The highest BCUT2D eigenvalue weighted by molar-refractivity contribution is 9.10. The maximum absolute atomic E-state index is 12.3. The van der Waals surface area contributed by atoms with Gasteiger partial charge in [0.2, 0.25) is 10.0 Å². The molecule has 2 aromatic rings. The zero-order valence-electron chi connectivity index (χ0n) is 14.8. The highest BCUT2D eigenvalue weighted by Crippen LogP contribution is 2.29. The van der Waals surface area contributed by atoms with Gasteiger partial charge in [0.05, 0.1) is 22.7 Å². The molecule has 1 amide bonds. The van der Waals surface area contributed by atoms with Crippen LogP contribution < -0.4 is 14.8 Å². The van der Waals surface area contributed by atoms with E-state index in [1.165, 1.54) is 39.4 Å². The third-order valence-electron chi connectivity index (χ3n) is 3.48. The number of carbonyl (C=O) groups is 1. The van der Waals surface area contributed by atoms with Crippen molar-refractivity contribution < 1.29 is 22.7 Å². The molecule has 2 aromatic carbocycles. The number of amides is 1. The molecule has 0 aliphatic carbocycles. The zero-order valence-corrected chi connectivity index (χ0v) is 18.0. The maximum Gasteiger partial charge on any atom is 0.262 e. The first-order chi connectivity index (χ1) is 12.6. The molecule has 27 heavy (non-hydrogen) atoms. The number of sulfonamides is 1. The Morgan fingerprint density at radius 2 is 1.85 bits per heavy atom. The van der Waals surface area contributed by atoms with Crippen molar-refractivity contribution in [2.24, 2.45) is 0 Å². The van der Waals surface area contributed by atoms with Crippen LogP contribution in [0.15, 0.2) is 45.8 Å². The summed E-state index contributed by atoms with van der Waals surface area (Å²) in [6.45, 7) is -0.310. The molecule has 0 bridgehead atoms. The number of anilines is 1. The summed E-state index contributed by atoms with van der Waals surface area (Å²) in [7, 11) is 0.616. The van der Waals surface area contributed by atoms with Gasteiger partial charge in [0.25, 0.3) is 5.91 Å². The molecule has 0 spiro atoms. The van der Waals surface area contributed by atoms with Gasteiger partial charge >= 0.3 is 0 Å². The van der Waals surface area contributed by atoms with Crippen molar-refractivity contribution in [3.63, 3.8) is 0 Å². The monoisotopic (exact) mass is 476 g/mol. The second-order valence-corrected chi connectivity index (χ2v) is 9.04. The van der Waals surface area contributed by atoms with Gasteiger partial charge in [0.1, 0.15) is 11.5 Å². The largest absolute Gasteiger partial charge is 0.495 e. The van der Waals surface area contributed by atoms with E-state index >= 15 is 0 Å². The number of hydrogen-bond acceptors (Lipinski definition) is 5. The predicted molar refractivity (Wildman–Crippen MR) is 107 cm³/mol. The van der Waals surface area contributed by atoms with Crippen LogP contribution in [0.1, 0.15) is 0 Å². The van der Waals surface area contributed by atoms with E-state index in [0.29, 0.717) is 16.5 Å². The fourth-order valence-electron chi connectivity index (χ4n) is 2.08. The summed E-state index contributed by atoms with van der Waals surface area (Å²) in [6.07, 6.45) is 0. The first-order valence-electron chi connectivity index (χ1n) is 7.63. The van der Waals surface area contributed by atoms with E-state index in [1.54, 1.807) is 18.2 Å². The summed E-state index contributed by atoms with van der Waals surface area (Å²) in [4.78, 5) is 12.3. The minimum atomic E-state index is -3.65. The lowest BCUT2D eigenvalue weighted by Gasteiger charge is -2.15. The molecule has 2 rings (SSSR count). The first-order valence-corrected chi connectivity index (χ1v) is 10.2. The number of rotatable bonds is 7. The van der Waals surface area contributed by atoms with Crippen molar-refractivity contribution in [3.8, 4) is 11.5 Å². The second kappa shape index (κ2) is 8.92. The Kier molecular flexibility index (Phi) is 7.10. The van der Waals surface area contributed by atoms with E-state index in [9.17, 15) is 13.2 Å². The molecule has 0 aliphatic heterocycles. The van der Waals surface area contributed by atoms with Gasteiger partial charge in [-0.1, -0.05) is 27.5 Å². The van der Waals surface area contributed by atoms with Crippen LogP contribution in [0.3, 0.4) is 0 Å². The van der Waals surface area contributed by atoms with Crippen molar-refractivity contribution in [2.75, 3.05) is 33.1 Å². The van der Waals surface area contributed by atoms with Crippen molar-refractivity contribution in [3.05, 3.63) is 45.9 Å². The van der Waals surface area contributed by atoms with Crippen LogP contribution in [0.4, 0.5) is 5.69 Å². The quantitative estimate of drug-likeness (QED) is 0.661. The topological polar surface area (TPSA) is 84.9 Å². The molecule has 0 heterocycles. The highest BCUT2D eigenvalue weighted by atomic mass is 79.9. The van der Waals surface area contributed by atoms with Gasteiger partial charge in [0, 0.05) is 18.6 Å². The molecule has 0 saturated carbocycles. The van der Waals surface area contributed by atoms with E-state index in [2.05, 4.69) is 21.2 Å². The number of nitrogens with one attached hydrogen (secondary N) is 1. The van der Waals surface area contributed by atoms with Crippen LogP contribution in [-0.4, -0.2) is 46.4 Å². The summed E-state index contributed by atoms with van der Waals surface area (Å²) in [6, 6.07) is 9.22. The molecular formula is C17H18BrClN2O5S. The Morgan fingerprint density at radius 1 is 1.19 bits per heavy atom. The molecule has 0 fully saturated rings. The van der Waals surface area contributed by atoms with Crippen LogP contribution in [0, 0.1) is 0 Å². The summed E-state index contributed by atoms with van der Waals surface area (Å²) in [5, 5.41) is 2.95. The van der Waals surface area contributed by atoms with Gasteiger partial charge < -0.3 is 14.8 Å². The Balaban J connectivity index is 2.16. The number of nitrogens with zero attached hydrogens (tertiary/aromatic N) is 1. The Morgan fingerprint density at radius 3 is 2.44 bits per heavy atom. The van der Waals surface area contributed by atoms with Crippen LogP contribution in [-0.2, 0) is 14.8 Å². The van der Waals surface area contributed by atoms with Crippen LogP contribution in [0.2, 0.25) is 5.02 Å². The maximum atomic E-state index is 12.3. The van der Waals surface area contributed by atoms with Gasteiger partial charge in [-0.3, -0.25) is 4.79 Å². The lowest BCUT2D eigenvalue weighted by Crippen LogP contribution is -2.23. The number of methoxy groups -OCH3 is 1. The summed E-state index contributed by atoms with van der Waals surface area (Å²) in [5.74, 6) is 0.181. The first kappa shape index (κ1) is 21.5. The van der Waals surface area contributed by atoms with Crippen molar-refractivity contribution >= 4 is 49.1 Å². The standard InChI is InChI=1S/C17H18BrClN2O5S/c1-21(2)27(23,24)12-5-7-16(25-3)14(9-12)20-17(22)10-26-15-6-4-11(18)8-13(15)19/h4-9H,10H2,1-3H3,(H,20,22). The van der Waals surface area contributed by atoms with Gasteiger partial charge in [-0.2, -0.15) is 0 Å². The van der Waals surface area contributed by atoms with Crippen LogP contribution >= 0.6 is 27.5 Å².